The molecule has 3 rings (SSSR count). The zero-order valence-corrected chi connectivity index (χ0v) is 18.4. The summed E-state index contributed by atoms with van der Waals surface area (Å²) in [7, 11) is 1.60. The van der Waals surface area contributed by atoms with Crippen LogP contribution < -0.4 is 20.2 Å². The second-order valence-corrected chi connectivity index (χ2v) is 7.11. The van der Waals surface area contributed by atoms with Crippen LogP contribution in [-0.2, 0) is 9.59 Å². The van der Waals surface area contributed by atoms with Crippen molar-refractivity contribution in [2.45, 2.75) is 6.92 Å². The van der Waals surface area contributed by atoms with Gasteiger partial charge >= 0.3 is 5.97 Å². The van der Waals surface area contributed by atoms with Gasteiger partial charge in [-0.3, -0.25) is 4.79 Å². The van der Waals surface area contributed by atoms with Gasteiger partial charge in [-0.1, -0.05) is 24.3 Å². The largest absolute Gasteiger partial charge is 0.497 e. The molecule has 0 aliphatic heterocycles. The molecule has 0 unspecified atom stereocenters. The Morgan fingerprint density at radius 3 is 2.33 bits per heavy atom. The second kappa shape index (κ2) is 11.9. The molecule has 0 atom stereocenters. The molecule has 0 radical (unpaired) electrons. The summed E-state index contributed by atoms with van der Waals surface area (Å²) in [5.74, 6) is 0.405. The maximum absolute atomic E-state index is 12.0. The third-order valence-corrected chi connectivity index (χ3v) is 4.50. The Balaban J connectivity index is 1.43. The smallest absolute Gasteiger partial charge is 0.336 e. The first-order chi connectivity index (χ1) is 16.0. The fourth-order valence-electron chi connectivity index (χ4n) is 2.81. The number of hydrazone groups is 1. The van der Waals surface area contributed by atoms with Gasteiger partial charge in [0.25, 0.3) is 5.91 Å². The van der Waals surface area contributed by atoms with E-state index in [-0.39, 0.29) is 12.5 Å². The van der Waals surface area contributed by atoms with Crippen molar-refractivity contribution in [2.75, 3.05) is 19.0 Å². The molecule has 1 amide bonds. The van der Waals surface area contributed by atoms with E-state index in [0.717, 1.165) is 28.1 Å². The van der Waals surface area contributed by atoms with E-state index in [0.29, 0.717) is 5.75 Å². The van der Waals surface area contributed by atoms with Crippen LogP contribution in [0.15, 0.2) is 84.0 Å². The summed E-state index contributed by atoms with van der Waals surface area (Å²) in [5.41, 5.74) is 6.06. The van der Waals surface area contributed by atoms with E-state index in [1.165, 1.54) is 12.3 Å². The molecule has 0 aliphatic carbocycles. The van der Waals surface area contributed by atoms with Crippen molar-refractivity contribution in [1.82, 2.24) is 5.43 Å². The van der Waals surface area contributed by atoms with Gasteiger partial charge in [-0.15, -0.1) is 0 Å². The topological polar surface area (TPSA) is 89.0 Å². The summed E-state index contributed by atoms with van der Waals surface area (Å²) in [6, 6.07) is 21.8. The molecule has 2 N–H and O–H groups in total. The zero-order valence-electron chi connectivity index (χ0n) is 18.4. The molecule has 0 aliphatic rings. The number of aryl methyl sites for hydroxylation is 1. The average molecular weight is 444 g/mol. The third-order valence-electron chi connectivity index (χ3n) is 4.50. The fraction of sp³-hybridized carbons (Fsp3) is 0.115. The molecular formula is C26H25N3O4. The van der Waals surface area contributed by atoms with Crippen molar-refractivity contribution in [3.63, 3.8) is 0 Å². The molecule has 3 aromatic rings. The monoisotopic (exact) mass is 443 g/mol. The lowest BCUT2D eigenvalue weighted by atomic mass is 10.2. The number of ether oxygens (including phenoxy) is 2. The molecular weight excluding hydrogens is 418 g/mol. The van der Waals surface area contributed by atoms with Crippen molar-refractivity contribution < 1.29 is 19.1 Å². The van der Waals surface area contributed by atoms with Crippen LogP contribution >= 0.6 is 0 Å². The number of amides is 1. The number of nitrogens with one attached hydrogen (secondary N) is 2. The van der Waals surface area contributed by atoms with E-state index in [4.69, 9.17) is 9.47 Å². The minimum atomic E-state index is -0.486. The molecule has 0 spiro atoms. The Kier molecular flexibility index (Phi) is 8.36. The standard InChI is InChI=1S/C26H25N3O4/c1-19-4-3-5-22(16-19)27-18-25(30)29-28-17-21-8-13-24(14-9-21)33-26(31)15-10-20-6-11-23(32-2)12-7-20/h3-17,27H,18H2,1-2H3,(H,29,30)/b15-10-,28-17-. The number of benzene rings is 3. The summed E-state index contributed by atoms with van der Waals surface area (Å²) in [6.07, 6.45) is 4.54. The molecule has 3 aromatic carbocycles. The van der Waals surface area contributed by atoms with E-state index in [1.54, 1.807) is 37.5 Å². The predicted octanol–water partition coefficient (Wildman–Crippen LogP) is 4.18. The molecule has 0 bridgehead atoms. The van der Waals surface area contributed by atoms with Crippen LogP contribution in [0, 0.1) is 6.92 Å². The van der Waals surface area contributed by atoms with E-state index >= 15 is 0 Å². The highest BCUT2D eigenvalue weighted by Crippen LogP contribution is 2.14. The van der Waals surface area contributed by atoms with Crippen molar-refractivity contribution in [3.05, 3.63) is 95.6 Å². The van der Waals surface area contributed by atoms with E-state index in [9.17, 15) is 9.59 Å². The van der Waals surface area contributed by atoms with Gasteiger partial charge in [0.15, 0.2) is 0 Å². The van der Waals surface area contributed by atoms with Crippen molar-refractivity contribution in [2.24, 2.45) is 5.10 Å². The number of anilines is 1. The highest BCUT2D eigenvalue weighted by Gasteiger charge is 2.02. The molecule has 0 fully saturated rings. The molecule has 0 saturated carbocycles. The van der Waals surface area contributed by atoms with Gasteiger partial charge in [-0.05, 0) is 78.2 Å². The van der Waals surface area contributed by atoms with Gasteiger partial charge in [0.05, 0.1) is 19.9 Å². The summed E-state index contributed by atoms with van der Waals surface area (Å²) >= 11 is 0. The third kappa shape index (κ3) is 7.99. The van der Waals surface area contributed by atoms with Crippen molar-refractivity contribution >= 4 is 29.9 Å². The molecule has 7 heteroatoms. The Labute approximate surface area is 192 Å². The first-order valence-corrected chi connectivity index (χ1v) is 10.3. The lowest BCUT2D eigenvalue weighted by molar-refractivity contribution is -0.129. The minimum absolute atomic E-state index is 0.111. The summed E-state index contributed by atoms with van der Waals surface area (Å²) < 4.78 is 10.4. The van der Waals surface area contributed by atoms with E-state index in [1.807, 2.05) is 55.5 Å². The maximum Gasteiger partial charge on any atom is 0.336 e. The van der Waals surface area contributed by atoms with E-state index in [2.05, 4.69) is 15.8 Å². The van der Waals surface area contributed by atoms with Gasteiger partial charge in [0, 0.05) is 11.8 Å². The highest BCUT2D eigenvalue weighted by molar-refractivity contribution is 5.89. The van der Waals surface area contributed by atoms with Crippen LogP contribution in [0.25, 0.3) is 6.08 Å². The molecule has 0 saturated heterocycles. The number of rotatable bonds is 9. The van der Waals surface area contributed by atoms with Crippen LogP contribution in [0.3, 0.4) is 0 Å². The molecule has 168 valence electrons. The maximum atomic E-state index is 12.0. The first-order valence-electron chi connectivity index (χ1n) is 10.3. The Morgan fingerprint density at radius 1 is 0.939 bits per heavy atom. The number of methoxy groups -OCH3 is 1. The predicted molar refractivity (Wildman–Crippen MR) is 130 cm³/mol. The van der Waals surface area contributed by atoms with Gasteiger partial charge in [0.1, 0.15) is 11.5 Å². The normalized spacial score (nSPS) is 10.8. The average Bonchev–Trinajstić information content (AvgIpc) is 2.83. The number of esters is 1. The van der Waals surface area contributed by atoms with Gasteiger partial charge in [-0.2, -0.15) is 5.10 Å². The van der Waals surface area contributed by atoms with Crippen LogP contribution in [0.1, 0.15) is 16.7 Å². The zero-order chi connectivity index (χ0) is 23.5. The lowest BCUT2D eigenvalue weighted by Gasteiger charge is -2.05. The Hall–Kier alpha value is -4.39. The van der Waals surface area contributed by atoms with Crippen LogP contribution in [0.4, 0.5) is 5.69 Å². The number of nitrogens with zero attached hydrogens (tertiary/aromatic N) is 1. The molecule has 7 nitrogen and oxygen atoms in total. The fourth-order valence-corrected chi connectivity index (χ4v) is 2.81. The highest BCUT2D eigenvalue weighted by atomic mass is 16.5. The van der Waals surface area contributed by atoms with Gasteiger partial charge < -0.3 is 14.8 Å². The second-order valence-electron chi connectivity index (χ2n) is 7.11. The number of hydrogen-bond acceptors (Lipinski definition) is 6. The quantitative estimate of drug-likeness (QED) is 0.170. The molecule has 33 heavy (non-hydrogen) atoms. The van der Waals surface area contributed by atoms with Crippen molar-refractivity contribution in [3.8, 4) is 11.5 Å². The van der Waals surface area contributed by atoms with Crippen LogP contribution in [-0.4, -0.2) is 31.7 Å². The van der Waals surface area contributed by atoms with E-state index < -0.39 is 5.97 Å². The number of carbonyl (C=O) groups excluding carboxylic acids is 2. The van der Waals surface area contributed by atoms with Crippen molar-refractivity contribution in [1.29, 1.82) is 0 Å². The minimum Gasteiger partial charge on any atom is -0.497 e. The Morgan fingerprint density at radius 2 is 1.64 bits per heavy atom. The summed E-state index contributed by atoms with van der Waals surface area (Å²) in [6.45, 7) is 2.10. The number of hydrogen-bond donors (Lipinski definition) is 2. The van der Waals surface area contributed by atoms with Gasteiger partial charge in [-0.25, -0.2) is 10.2 Å². The summed E-state index contributed by atoms with van der Waals surface area (Å²) in [5, 5.41) is 6.98. The number of carbonyl (C=O) groups is 2. The Bertz CT molecular complexity index is 1140. The lowest BCUT2D eigenvalue weighted by Crippen LogP contribution is -2.25. The van der Waals surface area contributed by atoms with Gasteiger partial charge in [0.2, 0.25) is 0 Å². The summed E-state index contributed by atoms with van der Waals surface area (Å²) in [4.78, 5) is 23.9. The van der Waals surface area contributed by atoms with Crippen LogP contribution in [0.5, 0.6) is 11.5 Å². The molecule has 0 heterocycles. The first kappa shape index (κ1) is 23.3. The SMILES string of the molecule is COc1ccc(/C=C\C(=O)Oc2ccc(/C=N\NC(=O)CNc3cccc(C)c3)cc2)cc1. The van der Waals surface area contributed by atoms with Crippen LogP contribution in [0.2, 0.25) is 0 Å². The molecule has 0 aromatic heterocycles.